The SMILES string of the molecule is CC(Oc1ccc(Cl)cc1)C(=O)OCC(=O)c1cc2ccccc2o1. The first-order valence-electron chi connectivity index (χ1n) is 7.63. The van der Waals surface area contributed by atoms with E-state index in [1.54, 1.807) is 43.3 Å². The van der Waals surface area contributed by atoms with E-state index in [0.717, 1.165) is 5.39 Å². The van der Waals surface area contributed by atoms with Crippen LogP contribution in [0.4, 0.5) is 0 Å². The average Bonchev–Trinajstić information content (AvgIpc) is 3.05. The Labute approximate surface area is 149 Å². The Morgan fingerprint density at radius 1 is 1.12 bits per heavy atom. The molecule has 1 unspecified atom stereocenters. The molecule has 3 aromatic rings. The van der Waals surface area contributed by atoms with Crippen LogP contribution in [0.25, 0.3) is 11.0 Å². The lowest BCUT2D eigenvalue weighted by Crippen LogP contribution is -2.28. The summed E-state index contributed by atoms with van der Waals surface area (Å²) in [6.07, 6.45) is -0.857. The summed E-state index contributed by atoms with van der Waals surface area (Å²) in [6, 6.07) is 15.5. The molecule has 0 saturated carbocycles. The van der Waals surface area contributed by atoms with Gasteiger partial charge in [-0.05, 0) is 43.3 Å². The van der Waals surface area contributed by atoms with Crippen LogP contribution >= 0.6 is 11.6 Å². The van der Waals surface area contributed by atoms with E-state index < -0.39 is 24.5 Å². The van der Waals surface area contributed by atoms with Crippen molar-refractivity contribution in [2.24, 2.45) is 0 Å². The number of fused-ring (bicyclic) bond motifs is 1. The quantitative estimate of drug-likeness (QED) is 0.486. The van der Waals surface area contributed by atoms with Crippen molar-refractivity contribution in [2.75, 3.05) is 6.61 Å². The molecule has 1 atom stereocenters. The van der Waals surface area contributed by atoms with Crippen LogP contribution in [0.15, 0.2) is 59.0 Å². The first-order valence-corrected chi connectivity index (χ1v) is 8.01. The zero-order chi connectivity index (χ0) is 17.8. The van der Waals surface area contributed by atoms with Crippen LogP contribution in [0.1, 0.15) is 17.5 Å². The lowest BCUT2D eigenvalue weighted by atomic mass is 10.2. The number of halogens is 1. The van der Waals surface area contributed by atoms with Crippen LogP contribution in [0, 0.1) is 0 Å². The van der Waals surface area contributed by atoms with Crippen LogP contribution in [0.3, 0.4) is 0 Å². The minimum atomic E-state index is -0.857. The Morgan fingerprint density at radius 3 is 2.56 bits per heavy atom. The maximum Gasteiger partial charge on any atom is 0.347 e. The molecule has 0 bridgehead atoms. The van der Waals surface area contributed by atoms with E-state index in [2.05, 4.69) is 0 Å². The maximum atomic E-state index is 12.1. The molecule has 1 heterocycles. The number of ketones is 1. The zero-order valence-corrected chi connectivity index (χ0v) is 14.2. The van der Waals surface area contributed by atoms with E-state index in [0.29, 0.717) is 16.4 Å². The minimum Gasteiger partial charge on any atom is -0.479 e. The van der Waals surface area contributed by atoms with Gasteiger partial charge < -0.3 is 13.9 Å². The number of rotatable bonds is 6. The van der Waals surface area contributed by atoms with Crippen LogP contribution in [0.2, 0.25) is 5.02 Å². The molecule has 0 aliphatic heterocycles. The van der Waals surface area contributed by atoms with Gasteiger partial charge in [0.1, 0.15) is 11.3 Å². The molecular weight excluding hydrogens is 344 g/mol. The summed E-state index contributed by atoms with van der Waals surface area (Å²) >= 11 is 5.79. The van der Waals surface area contributed by atoms with Gasteiger partial charge in [0, 0.05) is 10.4 Å². The molecule has 0 aliphatic rings. The molecule has 0 aliphatic carbocycles. The largest absolute Gasteiger partial charge is 0.479 e. The monoisotopic (exact) mass is 358 g/mol. The normalized spacial score (nSPS) is 11.9. The van der Waals surface area contributed by atoms with Crippen molar-refractivity contribution in [3.63, 3.8) is 0 Å². The van der Waals surface area contributed by atoms with Crippen molar-refractivity contribution in [3.8, 4) is 5.75 Å². The Kier molecular flexibility index (Phi) is 5.05. The first kappa shape index (κ1) is 17.0. The van der Waals surface area contributed by atoms with Gasteiger partial charge >= 0.3 is 5.97 Å². The van der Waals surface area contributed by atoms with Crippen molar-refractivity contribution >= 4 is 34.3 Å². The molecule has 6 heteroatoms. The molecule has 0 fully saturated rings. The smallest absolute Gasteiger partial charge is 0.347 e. The van der Waals surface area contributed by atoms with Gasteiger partial charge in [-0.2, -0.15) is 0 Å². The number of carbonyl (C=O) groups excluding carboxylic acids is 2. The Balaban J connectivity index is 1.55. The van der Waals surface area contributed by atoms with E-state index in [4.69, 9.17) is 25.5 Å². The number of carbonyl (C=O) groups is 2. The molecule has 0 spiro atoms. The fourth-order valence-electron chi connectivity index (χ4n) is 2.21. The molecule has 128 valence electrons. The number of para-hydroxylation sites is 1. The van der Waals surface area contributed by atoms with E-state index in [1.165, 1.54) is 0 Å². The van der Waals surface area contributed by atoms with Gasteiger partial charge in [-0.3, -0.25) is 4.79 Å². The summed E-state index contributed by atoms with van der Waals surface area (Å²) in [4.78, 5) is 24.1. The van der Waals surface area contributed by atoms with Crippen molar-refractivity contribution in [2.45, 2.75) is 13.0 Å². The Bertz CT molecular complexity index is 865. The number of esters is 1. The molecule has 3 rings (SSSR count). The topological polar surface area (TPSA) is 65.7 Å². The van der Waals surface area contributed by atoms with Crippen molar-refractivity contribution < 1.29 is 23.5 Å². The van der Waals surface area contributed by atoms with E-state index >= 15 is 0 Å². The highest BCUT2D eigenvalue weighted by Gasteiger charge is 2.20. The standard InChI is InChI=1S/C19H15ClO5/c1-12(24-15-8-6-14(20)7-9-15)19(22)23-11-16(21)18-10-13-4-2-3-5-17(13)25-18/h2-10,12H,11H2,1H3. The number of ether oxygens (including phenoxy) is 2. The van der Waals surface area contributed by atoms with Gasteiger partial charge in [0.25, 0.3) is 0 Å². The van der Waals surface area contributed by atoms with Crippen LogP contribution < -0.4 is 4.74 Å². The van der Waals surface area contributed by atoms with E-state index in [1.807, 2.05) is 18.2 Å². The Morgan fingerprint density at radius 2 is 1.84 bits per heavy atom. The second-order valence-electron chi connectivity index (χ2n) is 5.39. The molecule has 0 saturated heterocycles. The number of benzene rings is 2. The molecule has 0 radical (unpaired) electrons. The lowest BCUT2D eigenvalue weighted by molar-refractivity contribution is -0.149. The first-order chi connectivity index (χ1) is 12.0. The highest BCUT2D eigenvalue weighted by atomic mass is 35.5. The van der Waals surface area contributed by atoms with Crippen molar-refractivity contribution in [1.82, 2.24) is 0 Å². The average molecular weight is 359 g/mol. The van der Waals surface area contributed by atoms with Crippen LogP contribution in [-0.4, -0.2) is 24.5 Å². The van der Waals surface area contributed by atoms with Crippen molar-refractivity contribution in [3.05, 3.63) is 65.4 Å². The third-order valence-electron chi connectivity index (χ3n) is 3.50. The summed E-state index contributed by atoms with van der Waals surface area (Å²) in [6.45, 7) is 1.13. The molecule has 1 aromatic heterocycles. The predicted molar refractivity (Wildman–Crippen MR) is 93.0 cm³/mol. The highest BCUT2D eigenvalue weighted by molar-refractivity contribution is 6.30. The second kappa shape index (κ2) is 7.40. The van der Waals surface area contributed by atoms with Gasteiger partial charge in [0.05, 0.1) is 0 Å². The highest BCUT2D eigenvalue weighted by Crippen LogP contribution is 2.20. The number of furan rings is 1. The second-order valence-corrected chi connectivity index (χ2v) is 5.83. The fourth-order valence-corrected chi connectivity index (χ4v) is 2.34. The van der Waals surface area contributed by atoms with Gasteiger partial charge in [-0.15, -0.1) is 0 Å². The number of Topliss-reactive ketones (excluding diaryl/α,β-unsaturated/α-hetero) is 1. The third kappa shape index (κ3) is 4.19. The maximum absolute atomic E-state index is 12.1. The molecule has 0 amide bonds. The van der Waals surface area contributed by atoms with Gasteiger partial charge in [0.2, 0.25) is 5.78 Å². The summed E-state index contributed by atoms with van der Waals surface area (Å²) in [5.41, 5.74) is 0.608. The van der Waals surface area contributed by atoms with Gasteiger partial charge in [0.15, 0.2) is 18.5 Å². The minimum absolute atomic E-state index is 0.153. The van der Waals surface area contributed by atoms with Crippen molar-refractivity contribution in [1.29, 1.82) is 0 Å². The molecule has 25 heavy (non-hydrogen) atoms. The Hall–Kier alpha value is -2.79. The lowest BCUT2D eigenvalue weighted by Gasteiger charge is -2.13. The van der Waals surface area contributed by atoms with E-state index in [9.17, 15) is 9.59 Å². The summed E-state index contributed by atoms with van der Waals surface area (Å²) < 4.78 is 15.9. The number of hydrogen-bond donors (Lipinski definition) is 0. The molecular formula is C19H15ClO5. The predicted octanol–water partition coefficient (Wildman–Crippen LogP) is 4.28. The van der Waals surface area contributed by atoms with Gasteiger partial charge in [-0.1, -0.05) is 29.8 Å². The van der Waals surface area contributed by atoms with E-state index in [-0.39, 0.29) is 5.76 Å². The molecule has 5 nitrogen and oxygen atoms in total. The van der Waals surface area contributed by atoms with Crippen LogP contribution in [0.5, 0.6) is 5.75 Å². The summed E-state index contributed by atoms with van der Waals surface area (Å²) in [5, 5.41) is 1.38. The number of hydrogen-bond acceptors (Lipinski definition) is 5. The summed E-state index contributed by atoms with van der Waals surface area (Å²) in [5.74, 6) is -0.416. The molecule has 0 N–H and O–H groups in total. The summed E-state index contributed by atoms with van der Waals surface area (Å²) in [7, 11) is 0. The fraction of sp³-hybridized carbons (Fsp3) is 0.158. The van der Waals surface area contributed by atoms with Gasteiger partial charge in [-0.25, -0.2) is 4.79 Å². The zero-order valence-electron chi connectivity index (χ0n) is 13.4. The molecule has 2 aromatic carbocycles. The third-order valence-corrected chi connectivity index (χ3v) is 3.76. The van der Waals surface area contributed by atoms with Crippen LogP contribution in [-0.2, 0) is 9.53 Å².